The van der Waals surface area contributed by atoms with Crippen LogP contribution >= 0.6 is 0 Å². The van der Waals surface area contributed by atoms with E-state index in [9.17, 15) is 4.79 Å². The van der Waals surface area contributed by atoms with E-state index < -0.39 is 6.10 Å². The van der Waals surface area contributed by atoms with Gasteiger partial charge in [0.15, 0.2) is 5.78 Å². The zero-order valence-electron chi connectivity index (χ0n) is 12.0. The molecule has 0 aliphatic rings. The first-order valence-corrected chi connectivity index (χ1v) is 7.02. The van der Waals surface area contributed by atoms with E-state index in [4.69, 9.17) is 4.74 Å². The molecule has 0 fully saturated rings. The van der Waals surface area contributed by atoms with Gasteiger partial charge >= 0.3 is 0 Å². The lowest BCUT2D eigenvalue weighted by Gasteiger charge is -2.21. The molecule has 2 heteroatoms. The van der Waals surface area contributed by atoms with Gasteiger partial charge in [0.2, 0.25) is 0 Å². The van der Waals surface area contributed by atoms with Gasteiger partial charge in [-0.2, -0.15) is 0 Å². The third-order valence-corrected chi connectivity index (χ3v) is 3.34. The summed E-state index contributed by atoms with van der Waals surface area (Å²) in [6.07, 6.45) is 0.396. The Hall–Kier alpha value is -1.93. The number of Topliss-reactive ketones (excluding diaryl/α,β-unsaturated/α-hetero) is 1. The molecule has 0 aromatic heterocycles. The van der Waals surface area contributed by atoms with Gasteiger partial charge in [-0.05, 0) is 18.9 Å². The predicted octanol–water partition coefficient (Wildman–Crippen LogP) is 4.43. The lowest BCUT2D eigenvalue weighted by molar-refractivity contribution is 0.00239. The van der Waals surface area contributed by atoms with Gasteiger partial charge in [0, 0.05) is 5.56 Å². The lowest BCUT2D eigenvalue weighted by atomic mass is 9.99. The summed E-state index contributed by atoms with van der Waals surface area (Å²) in [5, 5.41) is 0. The highest BCUT2D eigenvalue weighted by atomic mass is 16.5. The smallest absolute Gasteiger partial charge is 0.196 e. The molecular weight excluding hydrogens is 248 g/mol. The van der Waals surface area contributed by atoms with Crippen LogP contribution in [0.25, 0.3) is 0 Å². The average molecular weight is 268 g/mol. The molecule has 0 bridgehead atoms. The number of carbonyl (C=O) groups excluding carboxylic acids is 1. The highest BCUT2D eigenvalue weighted by Crippen LogP contribution is 2.24. The van der Waals surface area contributed by atoms with Crippen molar-refractivity contribution in [2.24, 2.45) is 0 Å². The highest BCUT2D eigenvalue weighted by molar-refractivity contribution is 6.00. The van der Waals surface area contributed by atoms with Crippen LogP contribution in [0.3, 0.4) is 0 Å². The molecule has 104 valence electrons. The van der Waals surface area contributed by atoms with E-state index >= 15 is 0 Å². The van der Waals surface area contributed by atoms with Crippen LogP contribution in [0.2, 0.25) is 0 Å². The molecule has 2 rings (SSSR count). The third kappa shape index (κ3) is 3.55. The second-order valence-electron chi connectivity index (χ2n) is 4.88. The highest BCUT2D eigenvalue weighted by Gasteiger charge is 2.24. The Morgan fingerprint density at radius 1 is 1.00 bits per heavy atom. The topological polar surface area (TPSA) is 26.3 Å². The van der Waals surface area contributed by atoms with Crippen LogP contribution in [0.1, 0.15) is 42.3 Å². The van der Waals surface area contributed by atoms with Crippen molar-refractivity contribution in [1.29, 1.82) is 0 Å². The molecule has 2 aromatic carbocycles. The maximum absolute atomic E-state index is 12.7. The molecular formula is C18H20O2. The molecule has 0 aliphatic carbocycles. The number of ether oxygens (including phenoxy) is 1. The normalized spacial score (nSPS) is 13.7. The minimum absolute atomic E-state index is 0.0112. The largest absolute Gasteiger partial charge is 0.362 e. The molecule has 2 nitrogen and oxygen atoms in total. The number of benzene rings is 2. The van der Waals surface area contributed by atoms with Gasteiger partial charge in [0.1, 0.15) is 6.10 Å². The summed E-state index contributed by atoms with van der Waals surface area (Å²) in [5.74, 6) is 0.0112. The fourth-order valence-electron chi connectivity index (χ4n) is 2.00. The van der Waals surface area contributed by atoms with E-state index in [1.165, 1.54) is 0 Å². The van der Waals surface area contributed by atoms with Gasteiger partial charge in [-0.15, -0.1) is 0 Å². The Labute approximate surface area is 120 Å². The van der Waals surface area contributed by atoms with Crippen LogP contribution in [-0.2, 0) is 4.74 Å². The van der Waals surface area contributed by atoms with Gasteiger partial charge in [0.25, 0.3) is 0 Å². The molecule has 0 amide bonds. The Balaban J connectivity index is 2.29. The maximum atomic E-state index is 12.7. The monoisotopic (exact) mass is 268 g/mol. The van der Waals surface area contributed by atoms with E-state index in [1.807, 2.05) is 67.6 Å². The van der Waals surface area contributed by atoms with Crippen molar-refractivity contribution in [3.8, 4) is 0 Å². The summed E-state index contributed by atoms with van der Waals surface area (Å²) in [6, 6.07) is 19.0. The average Bonchev–Trinajstić information content (AvgIpc) is 2.53. The first-order valence-electron chi connectivity index (χ1n) is 7.02. The van der Waals surface area contributed by atoms with Crippen molar-refractivity contribution in [2.45, 2.75) is 32.5 Å². The quantitative estimate of drug-likeness (QED) is 0.725. The van der Waals surface area contributed by atoms with Crippen LogP contribution in [0.4, 0.5) is 0 Å². The van der Waals surface area contributed by atoms with Crippen LogP contribution in [0, 0.1) is 0 Å². The minimum atomic E-state index is -0.534. The predicted molar refractivity (Wildman–Crippen MR) is 80.8 cm³/mol. The molecule has 0 spiro atoms. The standard InChI is InChI=1S/C18H20O2/c1-3-14(2)20-18(16-12-8-5-9-13-16)17(19)15-10-6-4-7-11-15/h4-14,18H,3H2,1-2H3. The van der Waals surface area contributed by atoms with Crippen LogP contribution in [0.5, 0.6) is 0 Å². The Morgan fingerprint density at radius 3 is 2.10 bits per heavy atom. The van der Waals surface area contributed by atoms with E-state index in [2.05, 4.69) is 6.92 Å². The second-order valence-corrected chi connectivity index (χ2v) is 4.88. The zero-order valence-corrected chi connectivity index (χ0v) is 12.0. The Kier molecular flexibility index (Phi) is 5.08. The molecule has 0 aliphatic heterocycles. The van der Waals surface area contributed by atoms with Crippen molar-refractivity contribution in [1.82, 2.24) is 0 Å². The fraction of sp³-hybridized carbons (Fsp3) is 0.278. The number of carbonyl (C=O) groups is 1. The van der Waals surface area contributed by atoms with Crippen LogP contribution in [-0.4, -0.2) is 11.9 Å². The number of hydrogen-bond donors (Lipinski definition) is 0. The van der Waals surface area contributed by atoms with Crippen molar-refractivity contribution < 1.29 is 9.53 Å². The van der Waals surface area contributed by atoms with Crippen LogP contribution < -0.4 is 0 Å². The van der Waals surface area contributed by atoms with E-state index in [0.29, 0.717) is 5.56 Å². The van der Waals surface area contributed by atoms with Crippen molar-refractivity contribution >= 4 is 5.78 Å². The molecule has 0 saturated carbocycles. The molecule has 2 unspecified atom stereocenters. The number of ketones is 1. The van der Waals surface area contributed by atoms with Gasteiger partial charge < -0.3 is 4.74 Å². The van der Waals surface area contributed by atoms with Crippen LogP contribution in [0.15, 0.2) is 60.7 Å². The van der Waals surface area contributed by atoms with Gasteiger partial charge in [-0.3, -0.25) is 4.79 Å². The molecule has 0 heterocycles. The van der Waals surface area contributed by atoms with Crippen molar-refractivity contribution in [3.63, 3.8) is 0 Å². The SMILES string of the molecule is CCC(C)OC(C(=O)c1ccccc1)c1ccccc1. The van der Waals surface area contributed by atoms with Gasteiger partial charge in [0.05, 0.1) is 6.10 Å². The van der Waals surface area contributed by atoms with Gasteiger partial charge in [-0.25, -0.2) is 0 Å². The van der Waals surface area contributed by atoms with Gasteiger partial charge in [-0.1, -0.05) is 67.6 Å². The summed E-state index contributed by atoms with van der Waals surface area (Å²) >= 11 is 0. The minimum Gasteiger partial charge on any atom is -0.362 e. The van der Waals surface area contributed by atoms with E-state index in [0.717, 1.165) is 12.0 Å². The summed E-state index contributed by atoms with van der Waals surface area (Å²) < 4.78 is 5.95. The first kappa shape index (κ1) is 14.5. The molecule has 0 radical (unpaired) electrons. The number of hydrogen-bond acceptors (Lipinski definition) is 2. The molecule has 2 atom stereocenters. The molecule has 20 heavy (non-hydrogen) atoms. The summed E-state index contributed by atoms with van der Waals surface area (Å²) in [6.45, 7) is 4.05. The molecule has 2 aromatic rings. The summed E-state index contributed by atoms with van der Waals surface area (Å²) in [4.78, 5) is 12.7. The summed E-state index contributed by atoms with van der Waals surface area (Å²) in [7, 11) is 0. The fourth-order valence-corrected chi connectivity index (χ4v) is 2.00. The Bertz CT molecular complexity index is 534. The molecule has 0 saturated heterocycles. The number of rotatable bonds is 6. The van der Waals surface area contributed by atoms with E-state index in [1.54, 1.807) is 0 Å². The first-order chi connectivity index (χ1) is 9.72. The third-order valence-electron chi connectivity index (χ3n) is 3.34. The maximum Gasteiger partial charge on any atom is 0.196 e. The Morgan fingerprint density at radius 2 is 1.55 bits per heavy atom. The zero-order chi connectivity index (χ0) is 14.4. The van der Waals surface area contributed by atoms with Crippen molar-refractivity contribution in [3.05, 3.63) is 71.8 Å². The summed E-state index contributed by atoms with van der Waals surface area (Å²) in [5.41, 5.74) is 1.59. The molecule has 0 N–H and O–H groups in total. The second kappa shape index (κ2) is 7.01. The van der Waals surface area contributed by atoms with E-state index in [-0.39, 0.29) is 11.9 Å². The van der Waals surface area contributed by atoms with Crippen molar-refractivity contribution in [2.75, 3.05) is 0 Å². The lowest BCUT2D eigenvalue weighted by Crippen LogP contribution is -2.21.